The fraction of sp³-hybridized carbons (Fsp3) is 0.588. The number of amides is 1. The second kappa shape index (κ2) is 7.55. The summed E-state index contributed by atoms with van der Waals surface area (Å²) in [7, 11) is 0. The summed E-state index contributed by atoms with van der Waals surface area (Å²) in [6.45, 7) is 6.00. The molecule has 3 atom stereocenters. The quantitative estimate of drug-likeness (QED) is 0.875. The maximum absolute atomic E-state index is 13.1. The first-order chi connectivity index (χ1) is 10.1. The van der Waals surface area contributed by atoms with Gasteiger partial charge in [0, 0.05) is 18.5 Å². The smallest absolute Gasteiger partial charge is 0.223 e. The molecule has 21 heavy (non-hydrogen) atoms. The van der Waals surface area contributed by atoms with Gasteiger partial charge in [0.15, 0.2) is 0 Å². The number of piperidine rings is 1. The normalized spacial score (nSPS) is 23.6. The van der Waals surface area contributed by atoms with Crippen LogP contribution in [0.2, 0.25) is 0 Å². The predicted molar refractivity (Wildman–Crippen MR) is 82.5 cm³/mol. The van der Waals surface area contributed by atoms with Crippen LogP contribution in [0, 0.1) is 17.7 Å². The van der Waals surface area contributed by atoms with Gasteiger partial charge in [0.25, 0.3) is 0 Å². The lowest BCUT2D eigenvalue weighted by molar-refractivity contribution is -0.125. The van der Waals surface area contributed by atoms with E-state index >= 15 is 0 Å². The molecule has 1 heterocycles. The molecule has 1 aliphatic heterocycles. The predicted octanol–water partition coefficient (Wildman–Crippen LogP) is 2.51. The van der Waals surface area contributed by atoms with Crippen LogP contribution in [0.1, 0.15) is 32.3 Å². The molecule has 4 heteroatoms. The van der Waals surface area contributed by atoms with Crippen LogP contribution in [0.5, 0.6) is 0 Å². The van der Waals surface area contributed by atoms with Crippen LogP contribution in [-0.2, 0) is 11.2 Å². The summed E-state index contributed by atoms with van der Waals surface area (Å²) < 4.78 is 13.1. The van der Waals surface area contributed by atoms with Gasteiger partial charge < -0.3 is 10.6 Å². The Morgan fingerprint density at radius 1 is 1.52 bits per heavy atom. The van der Waals surface area contributed by atoms with E-state index in [9.17, 15) is 9.18 Å². The van der Waals surface area contributed by atoms with Crippen LogP contribution in [-0.4, -0.2) is 25.0 Å². The van der Waals surface area contributed by atoms with E-state index in [1.54, 1.807) is 6.07 Å². The van der Waals surface area contributed by atoms with Crippen molar-refractivity contribution < 1.29 is 9.18 Å². The van der Waals surface area contributed by atoms with Gasteiger partial charge >= 0.3 is 0 Å². The van der Waals surface area contributed by atoms with Crippen molar-refractivity contribution in [3.8, 4) is 0 Å². The van der Waals surface area contributed by atoms with E-state index in [-0.39, 0.29) is 23.7 Å². The number of benzene rings is 1. The molecular weight excluding hydrogens is 267 g/mol. The molecule has 0 aromatic heterocycles. The molecule has 0 spiro atoms. The van der Waals surface area contributed by atoms with Gasteiger partial charge in [-0.15, -0.1) is 0 Å². The van der Waals surface area contributed by atoms with Crippen LogP contribution in [0.15, 0.2) is 24.3 Å². The first-order valence-corrected chi connectivity index (χ1v) is 7.82. The Labute approximate surface area is 126 Å². The Kier molecular flexibility index (Phi) is 5.74. The average molecular weight is 292 g/mol. The topological polar surface area (TPSA) is 41.1 Å². The number of nitrogens with one attached hydrogen (secondary N) is 2. The molecule has 0 aliphatic carbocycles. The molecule has 1 amide bonds. The molecular formula is C17H25FN2O. The number of carbonyl (C=O) groups is 1. The maximum Gasteiger partial charge on any atom is 0.223 e. The molecule has 0 bridgehead atoms. The van der Waals surface area contributed by atoms with Crippen molar-refractivity contribution in [2.24, 2.45) is 11.8 Å². The molecule has 1 fully saturated rings. The summed E-state index contributed by atoms with van der Waals surface area (Å²) in [5.41, 5.74) is 0.947. The first-order valence-electron chi connectivity index (χ1n) is 7.82. The lowest BCUT2D eigenvalue weighted by atomic mass is 9.93. The Bertz CT molecular complexity index is 478. The second-order valence-corrected chi connectivity index (χ2v) is 6.15. The van der Waals surface area contributed by atoms with Crippen molar-refractivity contribution >= 4 is 5.91 Å². The van der Waals surface area contributed by atoms with Crippen LogP contribution >= 0.6 is 0 Å². The summed E-state index contributed by atoms with van der Waals surface area (Å²) >= 11 is 0. The van der Waals surface area contributed by atoms with Crippen molar-refractivity contribution in [1.82, 2.24) is 10.6 Å². The van der Waals surface area contributed by atoms with Crippen molar-refractivity contribution in [1.29, 1.82) is 0 Å². The maximum atomic E-state index is 13.1. The fourth-order valence-corrected chi connectivity index (χ4v) is 2.71. The van der Waals surface area contributed by atoms with Gasteiger partial charge in [-0.2, -0.15) is 0 Å². The Morgan fingerprint density at radius 2 is 2.33 bits per heavy atom. The van der Waals surface area contributed by atoms with Gasteiger partial charge in [0.2, 0.25) is 5.91 Å². The van der Waals surface area contributed by atoms with Gasteiger partial charge in [-0.05, 0) is 49.4 Å². The van der Waals surface area contributed by atoms with Gasteiger partial charge in [-0.1, -0.05) is 26.0 Å². The standard InChI is InChI=1S/C17H25FN2O/c1-12-8-9-19-11-16(12)20-17(21)13(2)6-7-14-4-3-5-15(18)10-14/h3-5,10,12-13,16,19H,6-9,11H2,1-2H3,(H,20,21). The zero-order valence-electron chi connectivity index (χ0n) is 12.9. The van der Waals surface area contributed by atoms with Crippen LogP contribution in [0.25, 0.3) is 0 Å². The number of hydrogen-bond donors (Lipinski definition) is 2. The minimum Gasteiger partial charge on any atom is -0.352 e. The van der Waals surface area contributed by atoms with Crippen LogP contribution in [0.4, 0.5) is 4.39 Å². The van der Waals surface area contributed by atoms with E-state index in [4.69, 9.17) is 0 Å². The highest BCUT2D eigenvalue weighted by Crippen LogP contribution is 2.14. The monoisotopic (exact) mass is 292 g/mol. The number of carbonyl (C=O) groups excluding carboxylic acids is 1. The molecule has 0 radical (unpaired) electrons. The summed E-state index contributed by atoms with van der Waals surface area (Å²) in [5.74, 6) is 0.353. The lowest BCUT2D eigenvalue weighted by Crippen LogP contribution is -2.51. The molecule has 1 aromatic rings. The minimum atomic E-state index is -0.216. The van der Waals surface area contributed by atoms with Gasteiger partial charge in [0.05, 0.1) is 0 Å². The summed E-state index contributed by atoms with van der Waals surface area (Å²) in [5, 5.41) is 6.46. The minimum absolute atomic E-state index is 0.0533. The van der Waals surface area contributed by atoms with Crippen molar-refractivity contribution in [3.05, 3.63) is 35.6 Å². The molecule has 3 nitrogen and oxygen atoms in total. The van der Waals surface area contributed by atoms with Gasteiger partial charge in [0.1, 0.15) is 5.82 Å². The molecule has 116 valence electrons. The molecule has 1 saturated heterocycles. The third-order valence-electron chi connectivity index (χ3n) is 4.36. The molecule has 3 unspecified atom stereocenters. The van der Waals surface area contributed by atoms with Gasteiger partial charge in [-0.25, -0.2) is 4.39 Å². The Balaban J connectivity index is 1.79. The van der Waals surface area contributed by atoms with Crippen LogP contribution < -0.4 is 10.6 Å². The molecule has 1 aliphatic rings. The summed E-state index contributed by atoms with van der Waals surface area (Å²) in [4.78, 5) is 12.2. The third kappa shape index (κ3) is 4.81. The van der Waals surface area contributed by atoms with E-state index in [2.05, 4.69) is 17.6 Å². The van der Waals surface area contributed by atoms with Gasteiger partial charge in [-0.3, -0.25) is 4.79 Å². The first kappa shape index (κ1) is 16.0. The molecule has 0 saturated carbocycles. The molecule has 2 rings (SSSR count). The number of hydrogen-bond acceptors (Lipinski definition) is 2. The van der Waals surface area contributed by atoms with Crippen LogP contribution in [0.3, 0.4) is 0 Å². The highest BCUT2D eigenvalue weighted by atomic mass is 19.1. The number of rotatable bonds is 5. The van der Waals surface area contributed by atoms with Crippen molar-refractivity contribution in [3.63, 3.8) is 0 Å². The van der Waals surface area contributed by atoms with E-state index < -0.39 is 0 Å². The Morgan fingerprint density at radius 3 is 3.05 bits per heavy atom. The largest absolute Gasteiger partial charge is 0.352 e. The SMILES string of the molecule is CC(CCc1cccc(F)c1)C(=O)NC1CNCCC1C. The zero-order valence-corrected chi connectivity index (χ0v) is 12.9. The second-order valence-electron chi connectivity index (χ2n) is 6.15. The van der Waals surface area contributed by atoms with E-state index in [1.165, 1.54) is 12.1 Å². The third-order valence-corrected chi connectivity index (χ3v) is 4.36. The zero-order chi connectivity index (χ0) is 15.2. The average Bonchev–Trinajstić information content (AvgIpc) is 2.47. The number of aryl methyl sites for hydroxylation is 1. The highest BCUT2D eigenvalue weighted by Gasteiger charge is 2.24. The molecule has 2 N–H and O–H groups in total. The lowest BCUT2D eigenvalue weighted by Gasteiger charge is -2.31. The van der Waals surface area contributed by atoms with E-state index in [1.807, 2.05) is 13.0 Å². The molecule has 1 aromatic carbocycles. The highest BCUT2D eigenvalue weighted by molar-refractivity contribution is 5.78. The number of halogens is 1. The van der Waals surface area contributed by atoms with E-state index in [0.29, 0.717) is 5.92 Å². The Hall–Kier alpha value is -1.42. The fourth-order valence-electron chi connectivity index (χ4n) is 2.71. The summed E-state index contributed by atoms with van der Waals surface area (Å²) in [6.07, 6.45) is 2.57. The van der Waals surface area contributed by atoms with E-state index in [0.717, 1.165) is 37.9 Å². The van der Waals surface area contributed by atoms with Crippen molar-refractivity contribution in [2.75, 3.05) is 13.1 Å². The van der Waals surface area contributed by atoms with Crippen molar-refractivity contribution in [2.45, 2.75) is 39.2 Å². The summed E-state index contributed by atoms with van der Waals surface area (Å²) in [6, 6.07) is 6.82.